The number of para-hydroxylation sites is 2. The summed E-state index contributed by atoms with van der Waals surface area (Å²) in [6.07, 6.45) is 2.35. The molecule has 118 valence electrons. The molecule has 2 aromatic carbocycles. The molecular formula is C17H17FN4O. The van der Waals surface area contributed by atoms with Crippen LogP contribution < -0.4 is 10.1 Å². The predicted molar refractivity (Wildman–Crippen MR) is 86.5 cm³/mol. The summed E-state index contributed by atoms with van der Waals surface area (Å²) in [4.78, 5) is 0. The van der Waals surface area contributed by atoms with E-state index in [1.807, 2.05) is 30.3 Å². The molecular weight excluding hydrogens is 295 g/mol. The molecule has 0 saturated heterocycles. The summed E-state index contributed by atoms with van der Waals surface area (Å²) in [5.74, 6) is 1.16. The van der Waals surface area contributed by atoms with E-state index in [0.717, 1.165) is 11.4 Å². The summed E-state index contributed by atoms with van der Waals surface area (Å²) in [7, 11) is 1.61. The van der Waals surface area contributed by atoms with E-state index in [2.05, 4.69) is 15.6 Å². The highest BCUT2D eigenvalue weighted by Crippen LogP contribution is 2.21. The van der Waals surface area contributed by atoms with Gasteiger partial charge in [0.05, 0.1) is 13.3 Å². The van der Waals surface area contributed by atoms with Crippen LogP contribution in [0.1, 0.15) is 5.56 Å². The van der Waals surface area contributed by atoms with Crippen LogP contribution in [0.5, 0.6) is 5.75 Å². The number of halogens is 1. The van der Waals surface area contributed by atoms with Gasteiger partial charge in [-0.3, -0.25) is 0 Å². The minimum atomic E-state index is -0.188. The molecule has 0 atom stereocenters. The Labute approximate surface area is 133 Å². The number of methoxy groups -OCH3 is 1. The zero-order valence-electron chi connectivity index (χ0n) is 12.7. The molecule has 0 amide bonds. The number of rotatable bonds is 6. The summed E-state index contributed by atoms with van der Waals surface area (Å²) < 4.78 is 20.5. The van der Waals surface area contributed by atoms with Crippen molar-refractivity contribution in [2.24, 2.45) is 0 Å². The Hall–Kier alpha value is -2.89. The lowest BCUT2D eigenvalue weighted by Gasteiger charge is -2.06. The van der Waals surface area contributed by atoms with E-state index >= 15 is 0 Å². The Morgan fingerprint density at radius 2 is 1.91 bits per heavy atom. The fourth-order valence-electron chi connectivity index (χ4n) is 2.31. The zero-order chi connectivity index (χ0) is 16.1. The average molecular weight is 312 g/mol. The maximum atomic E-state index is 13.6. The van der Waals surface area contributed by atoms with Crippen LogP contribution in [-0.2, 0) is 6.42 Å². The number of aromatic nitrogens is 3. The zero-order valence-corrected chi connectivity index (χ0v) is 12.7. The highest BCUT2D eigenvalue weighted by molar-refractivity contribution is 5.47. The smallest absolute Gasteiger partial charge is 0.169 e. The minimum absolute atomic E-state index is 0.188. The average Bonchev–Trinajstić information content (AvgIpc) is 3.05. The van der Waals surface area contributed by atoms with Crippen molar-refractivity contribution in [1.82, 2.24) is 15.0 Å². The Morgan fingerprint density at radius 1 is 1.13 bits per heavy atom. The van der Waals surface area contributed by atoms with Crippen LogP contribution in [0.2, 0.25) is 0 Å². The molecule has 0 fully saturated rings. The Morgan fingerprint density at radius 3 is 2.74 bits per heavy atom. The maximum absolute atomic E-state index is 13.6. The number of hydrogen-bond donors (Lipinski definition) is 1. The number of anilines is 1. The number of ether oxygens (including phenoxy) is 1. The molecule has 1 N–H and O–H groups in total. The van der Waals surface area contributed by atoms with E-state index < -0.39 is 0 Å². The third-order valence-corrected chi connectivity index (χ3v) is 3.48. The van der Waals surface area contributed by atoms with Gasteiger partial charge >= 0.3 is 0 Å². The molecule has 1 heterocycles. The number of nitrogens with one attached hydrogen (secondary N) is 1. The quantitative estimate of drug-likeness (QED) is 0.760. The summed E-state index contributed by atoms with van der Waals surface area (Å²) in [5.41, 5.74) is 1.49. The molecule has 0 bridgehead atoms. The molecule has 0 unspecified atom stereocenters. The van der Waals surface area contributed by atoms with E-state index in [-0.39, 0.29) is 5.82 Å². The molecule has 0 aliphatic rings. The van der Waals surface area contributed by atoms with Gasteiger partial charge in [-0.05, 0) is 30.2 Å². The first-order chi connectivity index (χ1) is 11.3. The van der Waals surface area contributed by atoms with Crippen LogP contribution in [0, 0.1) is 5.82 Å². The van der Waals surface area contributed by atoms with Crippen molar-refractivity contribution in [3.63, 3.8) is 0 Å². The first kappa shape index (κ1) is 15.0. The Kier molecular flexibility index (Phi) is 4.52. The molecule has 23 heavy (non-hydrogen) atoms. The van der Waals surface area contributed by atoms with Crippen molar-refractivity contribution in [3.05, 3.63) is 66.1 Å². The molecule has 0 saturated carbocycles. The second-order valence-corrected chi connectivity index (χ2v) is 4.99. The Bertz CT molecular complexity index is 788. The van der Waals surface area contributed by atoms with Gasteiger partial charge in [-0.15, -0.1) is 5.10 Å². The molecule has 6 heteroatoms. The van der Waals surface area contributed by atoms with Gasteiger partial charge < -0.3 is 10.1 Å². The summed E-state index contributed by atoms with van der Waals surface area (Å²) in [6.45, 7) is 0.575. The summed E-state index contributed by atoms with van der Waals surface area (Å²) in [5, 5.41) is 11.3. The van der Waals surface area contributed by atoms with Gasteiger partial charge in [0.1, 0.15) is 17.3 Å². The number of hydrogen-bond acceptors (Lipinski definition) is 4. The maximum Gasteiger partial charge on any atom is 0.169 e. The van der Waals surface area contributed by atoms with E-state index in [4.69, 9.17) is 4.74 Å². The predicted octanol–water partition coefficient (Wildman–Crippen LogP) is 3.07. The first-order valence-electron chi connectivity index (χ1n) is 7.31. The van der Waals surface area contributed by atoms with Crippen LogP contribution in [0.3, 0.4) is 0 Å². The second-order valence-electron chi connectivity index (χ2n) is 4.99. The van der Waals surface area contributed by atoms with Gasteiger partial charge in [0, 0.05) is 6.54 Å². The molecule has 0 aliphatic carbocycles. The van der Waals surface area contributed by atoms with Gasteiger partial charge in [0.25, 0.3) is 0 Å². The topological polar surface area (TPSA) is 52.0 Å². The van der Waals surface area contributed by atoms with Gasteiger partial charge in [-0.2, -0.15) is 0 Å². The molecule has 0 radical (unpaired) electrons. The third kappa shape index (κ3) is 3.48. The summed E-state index contributed by atoms with van der Waals surface area (Å²) in [6, 6.07) is 14.3. The number of benzene rings is 2. The molecule has 1 aromatic heterocycles. The fraction of sp³-hybridized carbons (Fsp3) is 0.176. The van der Waals surface area contributed by atoms with Gasteiger partial charge in [0.2, 0.25) is 0 Å². The lowest BCUT2D eigenvalue weighted by Crippen LogP contribution is -2.06. The van der Waals surface area contributed by atoms with E-state index in [9.17, 15) is 4.39 Å². The monoisotopic (exact) mass is 312 g/mol. The normalized spacial score (nSPS) is 10.5. The van der Waals surface area contributed by atoms with Crippen LogP contribution >= 0.6 is 0 Å². The Balaban J connectivity index is 1.65. The van der Waals surface area contributed by atoms with Crippen molar-refractivity contribution in [2.45, 2.75) is 6.42 Å². The summed E-state index contributed by atoms with van der Waals surface area (Å²) >= 11 is 0. The lowest BCUT2D eigenvalue weighted by atomic mass is 10.1. The molecule has 0 spiro atoms. The molecule has 5 nitrogen and oxygen atoms in total. The van der Waals surface area contributed by atoms with Crippen molar-refractivity contribution >= 4 is 5.82 Å². The SMILES string of the molecule is COc1ccccc1-n1cc(NCCc2ccccc2F)nn1. The highest BCUT2D eigenvalue weighted by atomic mass is 19.1. The van der Waals surface area contributed by atoms with Crippen molar-refractivity contribution in [1.29, 1.82) is 0 Å². The van der Waals surface area contributed by atoms with Gasteiger partial charge in [-0.25, -0.2) is 9.07 Å². The standard InChI is InChI=1S/C17H17FN4O/c1-23-16-9-5-4-8-15(16)22-12-17(20-21-22)19-11-10-13-6-2-3-7-14(13)18/h2-9,12,19H,10-11H2,1H3. The lowest BCUT2D eigenvalue weighted by molar-refractivity contribution is 0.411. The second kappa shape index (κ2) is 6.91. The van der Waals surface area contributed by atoms with E-state index in [1.54, 1.807) is 30.1 Å². The molecule has 3 rings (SSSR count). The number of nitrogens with zero attached hydrogens (tertiary/aromatic N) is 3. The van der Waals surface area contributed by atoms with E-state index in [1.165, 1.54) is 6.07 Å². The van der Waals surface area contributed by atoms with Crippen molar-refractivity contribution < 1.29 is 9.13 Å². The van der Waals surface area contributed by atoms with Gasteiger partial charge in [-0.1, -0.05) is 35.5 Å². The van der Waals surface area contributed by atoms with E-state index in [0.29, 0.717) is 24.3 Å². The van der Waals surface area contributed by atoms with Gasteiger partial charge in [0.15, 0.2) is 5.82 Å². The molecule has 3 aromatic rings. The van der Waals surface area contributed by atoms with Crippen molar-refractivity contribution in [2.75, 3.05) is 19.0 Å². The first-order valence-corrected chi connectivity index (χ1v) is 7.31. The van der Waals surface area contributed by atoms with Crippen LogP contribution in [0.4, 0.5) is 10.2 Å². The van der Waals surface area contributed by atoms with Crippen LogP contribution in [0.25, 0.3) is 5.69 Å². The molecule has 0 aliphatic heterocycles. The highest BCUT2D eigenvalue weighted by Gasteiger charge is 2.07. The minimum Gasteiger partial charge on any atom is -0.494 e. The fourth-order valence-corrected chi connectivity index (χ4v) is 2.31. The van der Waals surface area contributed by atoms with Crippen LogP contribution in [-0.4, -0.2) is 28.6 Å². The third-order valence-electron chi connectivity index (χ3n) is 3.48. The van der Waals surface area contributed by atoms with Crippen molar-refractivity contribution in [3.8, 4) is 11.4 Å². The largest absolute Gasteiger partial charge is 0.494 e. The van der Waals surface area contributed by atoms with Crippen LogP contribution in [0.15, 0.2) is 54.7 Å².